The highest BCUT2D eigenvalue weighted by Crippen LogP contribution is 2.42. The van der Waals surface area contributed by atoms with E-state index in [-0.39, 0.29) is 4.75 Å². The number of nitrogens with zero attached hydrogens (tertiary/aromatic N) is 1. The maximum atomic E-state index is 12.5. The van der Waals surface area contributed by atoms with Crippen molar-refractivity contribution < 1.29 is 13.2 Å². The zero-order chi connectivity index (χ0) is 13.2. The first-order valence-electron chi connectivity index (χ1n) is 5.77. The summed E-state index contributed by atoms with van der Waals surface area (Å²) in [7, 11) is 0. The molecule has 18 heavy (non-hydrogen) atoms. The first-order chi connectivity index (χ1) is 8.45. The number of thioether (sulfide) groups is 1. The Morgan fingerprint density at radius 1 is 1.44 bits per heavy atom. The van der Waals surface area contributed by atoms with E-state index >= 15 is 0 Å². The van der Waals surface area contributed by atoms with E-state index < -0.39 is 11.7 Å². The topological polar surface area (TPSA) is 24.9 Å². The van der Waals surface area contributed by atoms with E-state index in [1.807, 2.05) is 6.26 Å². The quantitative estimate of drug-likeness (QED) is 0.905. The molecule has 100 valence electrons. The molecule has 0 spiro atoms. The molecule has 0 bridgehead atoms. The Kier molecular flexibility index (Phi) is 3.75. The first kappa shape index (κ1) is 13.5. The van der Waals surface area contributed by atoms with Gasteiger partial charge in [0.2, 0.25) is 0 Å². The van der Waals surface area contributed by atoms with E-state index in [2.05, 4.69) is 10.3 Å². The smallest absolute Gasteiger partial charge is 0.369 e. The summed E-state index contributed by atoms with van der Waals surface area (Å²) < 4.78 is 37.8. The van der Waals surface area contributed by atoms with E-state index in [9.17, 15) is 13.2 Å². The van der Waals surface area contributed by atoms with Crippen LogP contribution in [0.2, 0.25) is 0 Å². The van der Waals surface area contributed by atoms with Gasteiger partial charge in [-0.25, -0.2) is 4.98 Å². The third-order valence-electron chi connectivity index (χ3n) is 3.38. The fraction of sp³-hybridized carbons (Fsp3) is 0.583. The summed E-state index contributed by atoms with van der Waals surface area (Å²) in [5.41, 5.74) is -0.660. The number of anilines is 1. The van der Waals surface area contributed by atoms with Gasteiger partial charge in [-0.3, -0.25) is 0 Å². The number of aromatic nitrogens is 1. The lowest BCUT2D eigenvalue weighted by molar-refractivity contribution is -0.137. The highest BCUT2D eigenvalue weighted by atomic mass is 32.2. The maximum Gasteiger partial charge on any atom is 0.416 e. The Hall–Kier alpha value is -0.910. The van der Waals surface area contributed by atoms with Crippen molar-refractivity contribution in [2.24, 2.45) is 0 Å². The van der Waals surface area contributed by atoms with Gasteiger partial charge in [-0.15, -0.1) is 0 Å². The van der Waals surface area contributed by atoms with Gasteiger partial charge in [0.15, 0.2) is 0 Å². The molecular weight excluding hydrogens is 261 g/mol. The summed E-state index contributed by atoms with van der Waals surface area (Å²) in [4.78, 5) is 3.93. The number of hydrogen-bond acceptors (Lipinski definition) is 3. The highest BCUT2D eigenvalue weighted by molar-refractivity contribution is 8.00. The average Bonchev–Trinajstić information content (AvgIpc) is 2.27. The van der Waals surface area contributed by atoms with E-state index in [4.69, 9.17) is 0 Å². The number of rotatable bonds is 4. The largest absolute Gasteiger partial charge is 0.416 e. The van der Waals surface area contributed by atoms with Crippen LogP contribution in [0.1, 0.15) is 24.8 Å². The standard InChI is InChI=1S/C12H15F3N2S/c1-18-11(4-2-5-11)8-17-10-7-9(3-6-16-10)12(13,14)15/h3,6-7H,2,4-5,8H2,1H3,(H,16,17). The van der Waals surface area contributed by atoms with Crippen LogP contribution in [0.15, 0.2) is 18.3 Å². The predicted octanol–water partition coefficient (Wildman–Crippen LogP) is 3.80. The molecule has 2 rings (SSSR count). The molecule has 1 aliphatic rings. The molecule has 1 aromatic heterocycles. The highest BCUT2D eigenvalue weighted by Gasteiger charge is 2.36. The van der Waals surface area contributed by atoms with Crippen molar-refractivity contribution in [2.75, 3.05) is 18.1 Å². The van der Waals surface area contributed by atoms with Crippen LogP contribution in [0.25, 0.3) is 0 Å². The van der Waals surface area contributed by atoms with E-state index in [0.717, 1.165) is 25.0 Å². The van der Waals surface area contributed by atoms with Gasteiger partial charge in [0.25, 0.3) is 0 Å². The third kappa shape index (κ3) is 2.91. The summed E-state index contributed by atoms with van der Waals surface area (Å²) in [6.07, 6.45) is 2.34. The first-order valence-corrected chi connectivity index (χ1v) is 7.00. The maximum absolute atomic E-state index is 12.5. The van der Waals surface area contributed by atoms with Crippen molar-refractivity contribution >= 4 is 17.6 Å². The Balaban J connectivity index is 2.01. The fourth-order valence-corrected chi connectivity index (χ4v) is 2.89. The lowest BCUT2D eigenvalue weighted by Gasteiger charge is -2.40. The van der Waals surface area contributed by atoms with Crippen molar-refractivity contribution in [3.05, 3.63) is 23.9 Å². The van der Waals surface area contributed by atoms with E-state index in [1.165, 1.54) is 12.6 Å². The van der Waals surface area contributed by atoms with Crippen molar-refractivity contribution in [1.82, 2.24) is 4.98 Å². The molecule has 2 nitrogen and oxygen atoms in total. The van der Waals surface area contributed by atoms with Crippen LogP contribution < -0.4 is 5.32 Å². The van der Waals surface area contributed by atoms with E-state index in [0.29, 0.717) is 12.4 Å². The molecule has 0 amide bonds. The molecule has 0 unspecified atom stereocenters. The minimum atomic E-state index is -4.31. The Morgan fingerprint density at radius 2 is 2.17 bits per heavy atom. The molecule has 1 aliphatic carbocycles. The van der Waals surface area contributed by atoms with Crippen LogP contribution in [-0.2, 0) is 6.18 Å². The number of halogens is 3. The van der Waals surface area contributed by atoms with Crippen LogP contribution in [0.3, 0.4) is 0 Å². The molecule has 1 aromatic rings. The normalized spacial score (nSPS) is 18.2. The summed E-state index contributed by atoms with van der Waals surface area (Å²) in [5.74, 6) is 0.296. The Morgan fingerprint density at radius 3 is 2.67 bits per heavy atom. The average molecular weight is 276 g/mol. The molecule has 1 heterocycles. The van der Waals surface area contributed by atoms with Crippen LogP contribution in [0, 0.1) is 0 Å². The molecule has 0 atom stereocenters. The Labute approximate surface area is 108 Å². The molecular formula is C12H15F3N2S. The summed E-state index contributed by atoms with van der Waals surface area (Å²) in [6.45, 7) is 0.669. The van der Waals surface area contributed by atoms with Crippen molar-refractivity contribution in [3.63, 3.8) is 0 Å². The summed E-state index contributed by atoms with van der Waals surface area (Å²) >= 11 is 1.78. The minimum absolute atomic E-state index is 0.177. The van der Waals surface area contributed by atoms with Crippen molar-refractivity contribution in [1.29, 1.82) is 0 Å². The van der Waals surface area contributed by atoms with Gasteiger partial charge in [-0.1, -0.05) is 6.42 Å². The van der Waals surface area contributed by atoms with Gasteiger partial charge in [-0.05, 0) is 31.2 Å². The molecule has 0 saturated heterocycles. The van der Waals surface area contributed by atoms with Gasteiger partial charge >= 0.3 is 6.18 Å². The monoisotopic (exact) mass is 276 g/mol. The molecule has 0 aliphatic heterocycles. The van der Waals surface area contributed by atoms with Crippen molar-refractivity contribution in [3.8, 4) is 0 Å². The van der Waals surface area contributed by atoms with Gasteiger partial charge < -0.3 is 5.32 Å². The Bertz CT molecular complexity index is 411. The zero-order valence-electron chi connectivity index (χ0n) is 10.0. The zero-order valence-corrected chi connectivity index (χ0v) is 10.9. The van der Waals surface area contributed by atoms with E-state index in [1.54, 1.807) is 11.8 Å². The number of pyridine rings is 1. The molecule has 6 heteroatoms. The predicted molar refractivity (Wildman–Crippen MR) is 67.8 cm³/mol. The molecule has 1 N–H and O–H groups in total. The third-order valence-corrected chi connectivity index (χ3v) is 4.80. The van der Waals surface area contributed by atoms with Crippen LogP contribution in [0.4, 0.5) is 19.0 Å². The number of alkyl halides is 3. The summed E-state index contributed by atoms with van der Waals surface area (Å²) in [6, 6.07) is 2.05. The van der Waals surface area contributed by atoms with Gasteiger partial charge in [0.1, 0.15) is 5.82 Å². The second-order valence-corrected chi connectivity index (χ2v) is 5.80. The molecule has 1 fully saturated rings. The van der Waals surface area contributed by atoms with Gasteiger partial charge in [-0.2, -0.15) is 24.9 Å². The second-order valence-electron chi connectivity index (χ2n) is 4.52. The van der Waals surface area contributed by atoms with Gasteiger partial charge in [0.05, 0.1) is 5.56 Å². The lowest BCUT2D eigenvalue weighted by Crippen LogP contribution is -2.40. The van der Waals surface area contributed by atoms with Gasteiger partial charge in [0, 0.05) is 17.5 Å². The minimum Gasteiger partial charge on any atom is -0.369 e. The van der Waals surface area contributed by atoms with Crippen LogP contribution >= 0.6 is 11.8 Å². The number of nitrogens with one attached hydrogen (secondary N) is 1. The van der Waals surface area contributed by atoms with Crippen molar-refractivity contribution in [2.45, 2.75) is 30.2 Å². The van der Waals surface area contributed by atoms with Crippen LogP contribution in [-0.4, -0.2) is 22.5 Å². The molecule has 1 saturated carbocycles. The fourth-order valence-electron chi connectivity index (χ4n) is 1.98. The second kappa shape index (κ2) is 4.99. The SMILES string of the molecule is CSC1(CNc2cc(C(F)(F)F)ccn2)CCC1. The molecule has 0 aromatic carbocycles. The number of hydrogen-bond donors (Lipinski definition) is 1. The molecule has 0 radical (unpaired) electrons. The van der Waals surface area contributed by atoms with Crippen LogP contribution in [0.5, 0.6) is 0 Å². The lowest BCUT2D eigenvalue weighted by atomic mass is 9.84. The summed E-state index contributed by atoms with van der Waals surface area (Å²) in [5, 5.41) is 3.02.